The van der Waals surface area contributed by atoms with E-state index in [1.54, 1.807) is 0 Å². The van der Waals surface area contributed by atoms with Crippen LogP contribution in [-0.4, -0.2) is 9.97 Å². The Bertz CT molecular complexity index is 2380. The second-order valence-corrected chi connectivity index (χ2v) is 14.2. The normalized spacial score (nSPS) is 11.6. The van der Waals surface area contributed by atoms with E-state index in [1.807, 2.05) is 66.1 Å². The number of aromatic nitrogens is 2. The fourth-order valence-corrected chi connectivity index (χ4v) is 7.74. The summed E-state index contributed by atoms with van der Waals surface area (Å²) in [5.74, 6) is 0.810. The number of anilines is 3. The molecule has 0 aliphatic rings. The van der Waals surface area contributed by atoms with Gasteiger partial charge < -0.3 is 9.88 Å². The zero-order valence-electron chi connectivity index (χ0n) is 27.0. The molecule has 3 aromatic heterocycles. The number of pyridine rings is 2. The first-order valence-corrected chi connectivity index (χ1v) is 16.8. The molecule has 3 nitrogen and oxygen atoms in total. The third-order valence-electron chi connectivity index (χ3n) is 8.41. The van der Waals surface area contributed by atoms with Crippen LogP contribution >= 0.6 is 11.3 Å². The van der Waals surface area contributed by atoms with Gasteiger partial charge in [-0.25, -0.2) is 0 Å². The minimum atomic E-state index is 0. The summed E-state index contributed by atoms with van der Waals surface area (Å²) in [6.45, 7) is 6.88. The van der Waals surface area contributed by atoms with E-state index in [4.69, 9.17) is 9.97 Å². The molecule has 0 amide bonds. The second-order valence-electron chi connectivity index (χ2n) is 13.2. The van der Waals surface area contributed by atoms with Crippen molar-refractivity contribution >= 4 is 59.5 Å². The number of hydrogen-bond donors (Lipinski definition) is 0. The standard InChI is InChI=1S/C43H33N3S.Pt/c1-43(2,3)28-29-20-22-35-31(26-29)21-23-36-37-24-25-44-40(42(37)47-41(35)36)32-14-10-17-34(27-32)46(33-15-8-5-9-16-33)39-19-11-18-38(45-39)30-12-6-4-7-13-30;/h4-12,14-26H,28H2,1-3H3;/q-2;+2. The van der Waals surface area contributed by atoms with Crippen LogP contribution in [0.1, 0.15) is 26.3 Å². The Labute approximate surface area is 300 Å². The van der Waals surface area contributed by atoms with E-state index in [2.05, 4.69) is 117 Å². The van der Waals surface area contributed by atoms with Crippen molar-refractivity contribution in [2.24, 2.45) is 5.41 Å². The van der Waals surface area contributed by atoms with Crippen LogP contribution in [0, 0.1) is 17.5 Å². The molecule has 0 spiro atoms. The molecule has 236 valence electrons. The van der Waals surface area contributed by atoms with Crippen LogP contribution in [0.25, 0.3) is 53.5 Å². The molecule has 0 bridgehead atoms. The molecule has 8 aromatic rings. The zero-order chi connectivity index (χ0) is 32.0. The number of benzene rings is 5. The van der Waals surface area contributed by atoms with E-state index in [0.29, 0.717) is 0 Å². The molecule has 0 saturated carbocycles. The smallest absolute Gasteiger partial charge is 0.314 e. The molecule has 3 heterocycles. The van der Waals surface area contributed by atoms with Gasteiger partial charge in [-0.3, -0.25) is 4.98 Å². The number of nitrogens with zero attached hydrogens (tertiary/aromatic N) is 3. The number of thiophene rings is 1. The van der Waals surface area contributed by atoms with Gasteiger partial charge >= 0.3 is 21.1 Å². The van der Waals surface area contributed by atoms with Crippen LogP contribution in [-0.2, 0) is 27.5 Å². The van der Waals surface area contributed by atoms with Gasteiger partial charge in [0.15, 0.2) is 0 Å². The van der Waals surface area contributed by atoms with Crippen molar-refractivity contribution in [2.75, 3.05) is 4.90 Å². The van der Waals surface area contributed by atoms with E-state index in [1.165, 1.54) is 36.5 Å². The van der Waals surface area contributed by atoms with Crippen molar-refractivity contribution in [3.05, 3.63) is 151 Å². The summed E-state index contributed by atoms with van der Waals surface area (Å²) >= 11 is 1.83. The van der Waals surface area contributed by atoms with E-state index in [9.17, 15) is 0 Å². The van der Waals surface area contributed by atoms with Crippen molar-refractivity contribution in [2.45, 2.75) is 27.2 Å². The van der Waals surface area contributed by atoms with Crippen molar-refractivity contribution < 1.29 is 21.1 Å². The minimum absolute atomic E-state index is 0. The molecule has 0 unspecified atom stereocenters. The van der Waals surface area contributed by atoms with Gasteiger partial charge in [0.25, 0.3) is 0 Å². The first-order chi connectivity index (χ1) is 22.9. The van der Waals surface area contributed by atoms with Crippen molar-refractivity contribution in [1.29, 1.82) is 0 Å². The molecular formula is C43H33N3PtS. The Morgan fingerprint density at radius 1 is 0.708 bits per heavy atom. The maximum atomic E-state index is 5.09. The predicted molar refractivity (Wildman–Crippen MR) is 199 cm³/mol. The quantitative estimate of drug-likeness (QED) is 0.157. The Morgan fingerprint density at radius 2 is 1.48 bits per heavy atom. The molecule has 0 radical (unpaired) electrons. The SMILES string of the molecule is CC(C)(C)Cc1ccc2c(ccc3c4ccnc(-c5[c-]c(N(c6ccccc6)c6cccc(-c7[c-]cccc7)n6)ccc5)c4sc23)c1.[Pt+2]. The maximum absolute atomic E-state index is 5.09. The molecule has 0 N–H and O–H groups in total. The van der Waals surface area contributed by atoms with Crippen molar-refractivity contribution in [3.63, 3.8) is 0 Å². The molecule has 0 saturated heterocycles. The molecule has 5 aromatic carbocycles. The Hall–Kier alpha value is -4.63. The van der Waals surface area contributed by atoms with Crippen LogP contribution in [0.5, 0.6) is 0 Å². The van der Waals surface area contributed by atoms with Crippen LogP contribution < -0.4 is 4.90 Å². The molecule has 0 atom stereocenters. The number of para-hydroxylation sites is 1. The van der Waals surface area contributed by atoms with E-state index < -0.39 is 0 Å². The summed E-state index contributed by atoms with van der Waals surface area (Å²) in [4.78, 5) is 12.2. The molecule has 5 heteroatoms. The predicted octanol–water partition coefficient (Wildman–Crippen LogP) is 12.0. The summed E-state index contributed by atoms with van der Waals surface area (Å²) in [7, 11) is 0. The van der Waals surface area contributed by atoms with Gasteiger partial charge in [-0.1, -0.05) is 81.4 Å². The third-order valence-corrected chi connectivity index (χ3v) is 9.67. The van der Waals surface area contributed by atoms with Crippen LogP contribution in [0.15, 0.2) is 134 Å². The second kappa shape index (κ2) is 13.1. The summed E-state index contributed by atoms with van der Waals surface area (Å²) in [5.41, 5.74) is 7.25. The number of fused-ring (bicyclic) bond motifs is 5. The van der Waals surface area contributed by atoms with Gasteiger partial charge in [0.05, 0.1) is 0 Å². The summed E-state index contributed by atoms with van der Waals surface area (Å²) in [6.07, 6.45) is 2.98. The van der Waals surface area contributed by atoms with Crippen LogP contribution in [0.4, 0.5) is 17.2 Å². The van der Waals surface area contributed by atoms with Crippen LogP contribution in [0.2, 0.25) is 0 Å². The molecular weight excluding hydrogens is 786 g/mol. The fourth-order valence-electron chi connectivity index (χ4n) is 6.40. The van der Waals surface area contributed by atoms with Crippen molar-refractivity contribution in [1.82, 2.24) is 9.97 Å². The van der Waals surface area contributed by atoms with Gasteiger partial charge in [0.1, 0.15) is 5.82 Å². The monoisotopic (exact) mass is 818 g/mol. The zero-order valence-corrected chi connectivity index (χ0v) is 30.1. The first kappa shape index (κ1) is 31.9. The summed E-state index contributed by atoms with van der Waals surface area (Å²) < 4.78 is 2.48. The number of rotatable bonds is 6. The Morgan fingerprint density at radius 3 is 2.29 bits per heavy atom. The number of hydrogen-bond acceptors (Lipinski definition) is 4. The molecule has 0 aliphatic carbocycles. The van der Waals surface area contributed by atoms with E-state index in [0.717, 1.165) is 46.1 Å². The van der Waals surface area contributed by atoms with E-state index in [-0.39, 0.29) is 26.5 Å². The Balaban J connectivity index is 0.00000364. The molecule has 0 fully saturated rings. The van der Waals surface area contributed by atoms with Crippen molar-refractivity contribution in [3.8, 4) is 22.5 Å². The third kappa shape index (κ3) is 6.19. The molecule has 8 rings (SSSR count). The first-order valence-electron chi connectivity index (χ1n) is 16.0. The van der Waals surface area contributed by atoms with Gasteiger partial charge in [-0.05, 0) is 69.2 Å². The van der Waals surface area contributed by atoms with Gasteiger partial charge in [-0.15, -0.1) is 77.1 Å². The minimum Gasteiger partial charge on any atom is -0.314 e. The largest absolute Gasteiger partial charge is 2.00 e. The van der Waals surface area contributed by atoms with Gasteiger partial charge in [0.2, 0.25) is 0 Å². The maximum Gasteiger partial charge on any atom is 2.00 e. The Kier molecular flexibility index (Phi) is 8.72. The molecule has 0 aliphatic heterocycles. The summed E-state index contributed by atoms with van der Waals surface area (Å²) in [5, 5.41) is 5.07. The average molecular weight is 819 g/mol. The fraction of sp³-hybridized carbons (Fsp3) is 0.116. The van der Waals surface area contributed by atoms with E-state index >= 15 is 0 Å². The molecule has 48 heavy (non-hydrogen) atoms. The topological polar surface area (TPSA) is 29.0 Å². The summed E-state index contributed by atoms with van der Waals surface area (Å²) in [6, 6.07) is 51.4. The van der Waals surface area contributed by atoms with Gasteiger partial charge in [-0.2, -0.15) is 0 Å². The average Bonchev–Trinajstić information content (AvgIpc) is 3.48. The van der Waals surface area contributed by atoms with Gasteiger partial charge in [0, 0.05) is 32.4 Å². The van der Waals surface area contributed by atoms with Crippen LogP contribution in [0.3, 0.4) is 0 Å².